The molecule has 1 aliphatic rings. The molecule has 1 aromatic rings. The van der Waals surface area contributed by atoms with Crippen LogP contribution in [0.3, 0.4) is 0 Å². The molecule has 0 aliphatic carbocycles. The highest BCUT2D eigenvalue weighted by molar-refractivity contribution is 5.67. The van der Waals surface area contributed by atoms with E-state index in [1.54, 1.807) is 24.0 Å². The van der Waals surface area contributed by atoms with Crippen LogP contribution in [0.5, 0.6) is 0 Å². The average molecular weight is 280 g/mol. The molecule has 0 bridgehead atoms. The zero-order chi connectivity index (χ0) is 14.5. The molecule has 1 aromatic carbocycles. The second-order valence-corrected chi connectivity index (χ2v) is 5.30. The highest BCUT2D eigenvalue weighted by Crippen LogP contribution is 2.21. The maximum atomic E-state index is 12.9. The third-order valence-electron chi connectivity index (χ3n) is 3.53. The molecular weight excluding hydrogens is 259 g/mol. The van der Waals surface area contributed by atoms with Gasteiger partial charge in [-0.15, -0.1) is 0 Å². The Hall–Kier alpha value is -1.62. The Morgan fingerprint density at radius 3 is 2.75 bits per heavy atom. The van der Waals surface area contributed by atoms with Crippen molar-refractivity contribution in [2.24, 2.45) is 11.7 Å². The highest BCUT2D eigenvalue weighted by Gasteiger charge is 2.28. The molecule has 0 saturated carbocycles. The summed E-state index contributed by atoms with van der Waals surface area (Å²) >= 11 is 0. The van der Waals surface area contributed by atoms with Gasteiger partial charge in [0.1, 0.15) is 5.82 Å². The molecule has 110 valence electrons. The first-order chi connectivity index (χ1) is 9.58. The van der Waals surface area contributed by atoms with Crippen molar-refractivity contribution in [1.29, 1.82) is 0 Å². The first-order valence-electron chi connectivity index (χ1n) is 7.00. The van der Waals surface area contributed by atoms with E-state index >= 15 is 0 Å². The van der Waals surface area contributed by atoms with Crippen molar-refractivity contribution < 1.29 is 13.9 Å². The van der Waals surface area contributed by atoms with Crippen molar-refractivity contribution in [3.63, 3.8) is 0 Å². The van der Waals surface area contributed by atoms with Gasteiger partial charge in [-0.3, -0.25) is 0 Å². The summed E-state index contributed by atoms with van der Waals surface area (Å²) in [5.74, 6) is 0.0517. The quantitative estimate of drug-likeness (QED) is 0.923. The van der Waals surface area contributed by atoms with Crippen LogP contribution >= 0.6 is 0 Å². The van der Waals surface area contributed by atoms with E-state index in [-0.39, 0.29) is 23.9 Å². The number of piperidine rings is 1. The highest BCUT2D eigenvalue weighted by atomic mass is 19.1. The third kappa shape index (κ3) is 3.93. The lowest BCUT2D eigenvalue weighted by molar-refractivity contribution is 0.0833. The van der Waals surface area contributed by atoms with Gasteiger partial charge in [0, 0.05) is 19.1 Å². The van der Waals surface area contributed by atoms with Crippen LogP contribution in [-0.4, -0.2) is 36.7 Å². The molecule has 2 unspecified atom stereocenters. The number of halogens is 1. The minimum absolute atomic E-state index is 0.0291. The Balaban J connectivity index is 1.97. The molecule has 1 saturated heterocycles. The van der Waals surface area contributed by atoms with Gasteiger partial charge in [-0.1, -0.05) is 12.1 Å². The number of rotatable bonds is 3. The average Bonchev–Trinajstić information content (AvgIpc) is 2.41. The van der Waals surface area contributed by atoms with Crippen LogP contribution in [0.1, 0.15) is 18.9 Å². The number of likely N-dealkylation sites (tertiary alicyclic amines) is 1. The van der Waals surface area contributed by atoms with Crippen LogP contribution in [0, 0.1) is 11.7 Å². The molecule has 2 atom stereocenters. The summed E-state index contributed by atoms with van der Waals surface area (Å²) < 4.78 is 17.9. The monoisotopic (exact) mass is 280 g/mol. The molecule has 1 fully saturated rings. The predicted octanol–water partition coefficient (Wildman–Crippen LogP) is 2.17. The van der Waals surface area contributed by atoms with Gasteiger partial charge in [0.15, 0.2) is 0 Å². The van der Waals surface area contributed by atoms with E-state index in [9.17, 15) is 9.18 Å². The topological polar surface area (TPSA) is 55.6 Å². The molecule has 5 heteroatoms. The van der Waals surface area contributed by atoms with Crippen LogP contribution in [0.25, 0.3) is 0 Å². The summed E-state index contributed by atoms with van der Waals surface area (Å²) in [4.78, 5) is 13.5. The van der Waals surface area contributed by atoms with Gasteiger partial charge in [0.05, 0.1) is 6.61 Å². The van der Waals surface area contributed by atoms with Crippen molar-refractivity contribution in [2.75, 3.05) is 19.7 Å². The third-order valence-corrected chi connectivity index (χ3v) is 3.53. The van der Waals surface area contributed by atoms with Crippen LogP contribution in [0.4, 0.5) is 9.18 Å². The van der Waals surface area contributed by atoms with E-state index in [0.29, 0.717) is 19.7 Å². The van der Waals surface area contributed by atoms with E-state index in [0.717, 1.165) is 18.4 Å². The fourth-order valence-corrected chi connectivity index (χ4v) is 2.71. The number of amides is 1. The molecule has 0 spiro atoms. The number of carbonyl (C=O) groups is 1. The SMILES string of the molecule is CCOC(=O)N1CC(N)CC(Cc2ccc(F)cc2)C1. The molecular formula is C15H21FN2O2. The minimum atomic E-state index is -0.299. The lowest BCUT2D eigenvalue weighted by atomic mass is 9.89. The zero-order valence-corrected chi connectivity index (χ0v) is 11.7. The van der Waals surface area contributed by atoms with E-state index < -0.39 is 0 Å². The normalized spacial score (nSPS) is 22.6. The first kappa shape index (κ1) is 14.8. The summed E-state index contributed by atoms with van der Waals surface area (Å²) in [5.41, 5.74) is 7.08. The molecule has 1 amide bonds. The Bertz CT molecular complexity index is 450. The Morgan fingerprint density at radius 2 is 2.10 bits per heavy atom. The number of ether oxygens (including phenoxy) is 1. The molecule has 2 rings (SSSR count). The number of hydrogen-bond acceptors (Lipinski definition) is 3. The van der Waals surface area contributed by atoms with Crippen LogP contribution in [0.15, 0.2) is 24.3 Å². The van der Waals surface area contributed by atoms with Crippen molar-refractivity contribution in [1.82, 2.24) is 4.90 Å². The van der Waals surface area contributed by atoms with Crippen molar-refractivity contribution in [2.45, 2.75) is 25.8 Å². The van der Waals surface area contributed by atoms with Gasteiger partial charge in [0.2, 0.25) is 0 Å². The van der Waals surface area contributed by atoms with Gasteiger partial charge < -0.3 is 15.4 Å². The number of nitrogens with zero attached hydrogens (tertiary/aromatic N) is 1. The van der Waals surface area contributed by atoms with Crippen LogP contribution < -0.4 is 5.73 Å². The summed E-state index contributed by atoms with van der Waals surface area (Å²) in [6, 6.07) is 6.45. The smallest absolute Gasteiger partial charge is 0.409 e. The number of carbonyl (C=O) groups excluding carboxylic acids is 1. The Kier molecular flexibility index (Phi) is 4.95. The van der Waals surface area contributed by atoms with Gasteiger partial charge in [-0.25, -0.2) is 9.18 Å². The second-order valence-electron chi connectivity index (χ2n) is 5.30. The maximum Gasteiger partial charge on any atom is 0.409 e. The van der Waals surface area contributed by atoms with E-state index in [1.807, 2.05) is 0 Å². The van der Waals surface area contributed by atoms with Crippen molar-refractivity contribution >= 4 is 6.09 Å². The predicted molar refractivity (Wildman–Crippen MR) is 74.8 cm³/mol. The molecule has 4 nitrogen and oxygen atoms in total. The summed E-state index contributed by atoms with van der Waals surface area (Å²) in [5, 5.41) is 0. The van der Waals surface area contributed by atoms with Gasteiger partial charge in [-0.2, -0.15) is 0 Å². The minimum Gasteiger partial charge on any atom is -0.450 e. The van der Waals surface area contributed by atoms with E-state index in [1.165, 1.54) is 12.1 Å². The molecule has 2 N–H and O–H groups in total. The molecule has 0 radical (unpaired) electrons. The number of nitrogens with two attached hydrogens (primary N) is 1. The molecule has 20 heavy (non-hydrogen) atoms. The van der Waals surface area contributed by atoms with Crippen molar-refractivity contribution in [3.8, 4) is 0 Å². The van der Waals surface area contributed by atoms with Crippen molar-refractivity contribution in [3.05, 3.63) is 35.6 Å². The zero-order valence-electron chi connectivity index (χ0n) is 11.7. The second kappa shape index (κ2) is 6.70. The lowest BCUT2D eigenvalue weighted by Crippen LogP contribution is -2.50. The summed E-state index contributed by atoms with van der Waals surface area (Å²) in [6.07, 6.45) is 1.36. The van der Waals surface area contributed by atoms with Gasteiger partial charge in [0.25, 0.3) is 0 Å². The summed E-state index contributed by atoms with van der Waals surface area (Å²) in [7, 11) is 0. The maximum absolute atomic E-state index is 12.9. The van der Waals surface area contributed by atoms with E-state index in [2.05, 4.69) is 0 Å². The molecule has 0 aromatic heterocycles. The van der Waals surface area contributed by atoms with Crippen LogP contribution in [0.2, 0.25) is 0 Å². The standard InChI is InChI=1S/C15H21FN2O2/c1-2-20-15(19)18-9-12(8-14(17)10-18)7-11-3-5-13(16)6-4-11/h3-6,12,14H,2,7-10,17H2,1H3. The Morgan fingerprint density at radius 1 is 1.40 bits per heavy atom. The number of benzene rings is 1. The van der Waals surface area contributed by atoms with Crippen LogP contribution in [-0.2, 0) is 11.2 Å². The first-order valence-corrected chi connectivity index (χ1v) is 7.00. The van der Waals surface area contributed by atoms with Gasteiger partial charge in [-0.05, 0) is 43.4 Å². The van der Waals surface area contributed by atoms with E-state index in [4.69, 9.17) is 10.5 Å². The Labute approximate surface area is 118 Å². The van der Waals surface area contributed by atoms with Gasteiger partial charge >= 0.3 is 6.09 Å². The molecule has 1 heterocycles. The fraction of sp³-hybridized carbons (Fsp3) is 0.533. The largest absolute Gasteiger partial charge is 0.450 e. The molecule has 1 aliphatic heterocycles. The lowest BCUT2D eigenvalue weighted by Gasteiger charge is -2.35. The fourth-order valence-electron chi connectivity index (χ4n) is 2.71. The summed E-state index contributed by atoms with van der Waals surface area (Å²) in [6.45, 7) is 3.34. The number of hydrogen-bond donors (Lipinski definition) is 1.